The van der Waals surface area contributed by atoms with E-state index in [4.69, 9.17) is 15.3 Å². The Morgan fingerprint density at radius 1 is 1.07 bits per heavy atom. The maximum absolute atomic E-state index is 12.2. The van der Waals surface area contributed by atoms with Crippen LogP contribution >= 0.6 is 0 Å². The molecule has 7 heteroatoms. The van der Waals surface area contributed by atoms with Crippen LogP contribution in [0.25, 0.3) is 0 Å². The summed E-state index contributed by atoms with van der Waals surface area (Å²) in [5.41, 5.74) is 1.47. The van der Waals surface area contributed by atoms with E-state index in [0.717, 1.165) is 10.6 Å². The number of benzene rings is 2. The molecule has 27 heavy (non-hydrogen) atoms. The van der Waals surface area contributed by atoms with E-state index in [1.54, 1.807) is 38.4 Å². The van der Waals surface area contributed by atoms with E-state index in [0.29, 0.717) is 24.4 Å². The van der Waals surface area contributed by atoms with E-state index in [2.05, 4.69) is 0 Å². The van der Waals surface area contributed by atoms with Crippen LogP contribution in [-0.2, 0) is 16.1 Å². The molecule has 0 spiro atoms. The van der Waals surface area contributed by atoms with Crippen LogP contribution in [0.3, 0.4) is 0 Å². The van der Waals surface area contributed by atoms with Gasteiger partial charge in [0.1, 0.15) is 12.4 Å². The SMILES string of the molecule is COc1cccc(N(N)C(=O)CCCN(C)C(=O)OCc2ccccc2)c1. The molecule has 0 heterocycles. The third-order valence-corrected chi connectivity index (χ3v) is 4.00. The Balaban J connectivity index is 1.73. The highest BCUT2D eigenvalue weighted by atomic mass is 16.6. The molecule has 0 aliphatic rings. The summed E-state index contributed by atoms with van der Waals surface area (Å²) in [4.78, 5) is 25.7. The number of hydrogen-bond acceptors (Lipinski definition) is 5. The molecule has 0 atom stereocenters. The Morgan fingerprint density at radius 3 is 2.52 bits per heavy atom. The number of carbonyl (C=O) groups is 2. The minimum Gasteiger partial charge on any atom is -0.497 e. The van der Waals surface area contributed by atoms with E-state index in [1.165, 1.54) is 4.90 Å². The first-order valence-electron chi connectivity index (χ1n) is 8.65. The second kappa shape index (κ2) is 10.2. The van der Waals surface area contributed by atoms with E-state index >= 15 is 0 Å². The fourth-order valence-corrected chi connectivity index (χ4v) is 2.41. The van der Waals surface area contributed by atoms with Gasteiger partial charge in [0.2, 0.25) is 5.91 Å². The fourth-order valence-electron chi connectivity index (χ4n) is 2.41. The van der Waals surface area contributed by atoms with E-state index in [9.17, 15) is 9.59 Å². The fraction of sp³-hybridized carbons (Fsp3) is 0.300. The van der Waals surface area contributed by atoms with E-state index in [-0.39, 0.29) is 18.9 Å². The predicted molar refractivity (Wildman–Crippen MR) is 103 cm³/mol. The topological polar surface area (TPSA) is 85.1 Å². The van der Waals surface area contributed by atoms with Crippen molar-refractivity contribution < 1.29 is 19.1 Å². The highest BCUT2D eigenvalue weighted by molar-refractivity contribution is 5.92. The van der Waals surface area contributed by atoms with Gasteiger partial charge in [-0.1, -0.05) is 36.4 Å². The van der Waals surface area contributed by atoms with Gasteiger partial charge in [-0.05, 0) is 24.1 Å². The number of hydrogen-bond donors (Lipinski definition) is 1. The van der Waals surface area contributed by atoms with E-state index < -0.39 is 6.09 Å². The Morgan fingerprint density at radius 2 is 1.81 bits per heavy atom. The molecular weight excluding hydrogens is 346 g/mol. The zero-order chi connectivity index (χ0) is 19.6. The van der Waals surface area contributed by atoms with Crippen molar-refractivity contribution in [1.82, 2.24) is 4.90 Å². The predicted octanol–water partition coefficient (Wildman–Crippen LogP) is 2.95. The molecule has 0 saturated heterocycles. The van der Waals surface area contributed by atoms with Crippen LogP contribution in [0.4, 0.5) is 10.5 Å². The number of anilines is 1. The van der Waals surface area contributed by atoms with E-state index in [1.807, 2.05) is 30.3 Å². The van der Waals surface area contributed by atoms with Gasteiger partial charge in [0.05, 0.1) is 12.8 Å². The first kappa shape index (κ1) is 20.3. The molecule has 144 valence electrons. The van der Waals surface area contributed by atoms with Crippen molar-refractivity contribution in [3.05, 3.63) is 60.2 Å². The molecule has 7 nitrogen and oxygen atoms in total. The van der Waals surface area contributed by atoms with Gasteiger partial charge >= 0.3 is 6.09 Å². The number of rotatable bonds is 8. The van der Waals surface area contributed by atoms with Gasteiger partial charge in [-0.3, -0.25) is 4.79 Å². The van der Waals surface area contributed by atoms with Gasteiger partial charge < -0.3 is 14.4 Å². The number of methoxy groups -OCH3 is 1. The number of nitrogens with two attached hydrogens (primary N) is 1. The zero-order valence-corrected chi connectivity index (χ0v) is 15.6. The lowest BCUT2D eigenvalue weighted by Gasteiger charge is -2.19. The molecule has 0 aliphatic heterocycles. The molecular formula is C20H25N3O4. The summed E-state index contributed by atoms with van der Waals surface area (Å²) in [7, 11) is 3.19. The second-order valence-corrected chi connectivity index (χ2v) is 6.03. The summed E-state index contributed by atoms with van der Waals surface area (Å²) < 4.78 is 10.4. The molecule has 0 aliphatic carbocycles. The highest BCUT2D eigenvalue weighted by Gasteiger charge is 2.14. The van der Waals surface area contributed by atoms with Crippen LogP contribution in [0.2, 0.25) is 0 Å². The number of carbonyl (C=O) groups excluding carboxylic acids is 2. The molecule has 2 rings (SSSR count). The smallest absolute Gasteiger partial charge is 0.409 e. The second-order valence-electron chi connectivity index (χ2n) is 6.03. The first-order valence-corrected chi connectivity index (χ1v) is 8.65. The summed E-state index contributed by atoms with van der Waals surface area (Å²) in [6.45, 7) is 0.612. The van der Waals surface area contributed by atoms with Crippen LogP contribution in [-0.4, -0.2) is 37.6 Å². The average Bonchev–Trinajstić information content (AvgIpc) is 2.71. The number of hydrazine groups is 1. The Bertz CT molecular complexity index is 752. The molecule has 2 aromatic rings. The molecule has 2 aromatic carbocycles. The summed E-state index contributed by atoms with van der Waals surface area (Å²) in [5, 5.41) is 1.09. The third-order valence-electron chi connectivity index (χ3n) is 4.00. The minimum absolute atomic E-state index is 0.212. The first-order chi connectivity index (χ1) is 13.0. The number of nitrogens with zero attached hydrogens (tertiary/aromatic N) is 2. The molecule has 2 N–H and O–H groups in total. The molecule has 0 fully saturated rings. The molecule has 0 radical (unpaired) electrons. The van der Waals surface area contributed by atoms with Crippen LogP contribution in [0.5, 0.6) is 5.75 Å². The van der Waals surface area contributed by atoms with Crippen LogP contribution in [0.15, 0.2) is 54.6 Å². The Labute approximate surface area is 159 Å². The lowest BCUT2D eigenvalue weighted by Crippen LogP contribution is -2.38. The van der Waals surface area contributed by atoms with Crippen molar-refractivity contribution in [2.75, 3.05) is 25.7 Å². The molecule has 0 unspecified atom stereocenters. The summed E-state index contributed by atoms with van der Waals surface area (Å²) >= 11 is 0. The average molecular weight is 371 g/mol. The standard InChI is InChI=1S/C20H25N3O4/c1-22(20(25)27-15-16-8-4-3-5-9-16)13-7-12-19(24)23(21)17-10-6-11-18(14-17)26-2/h3-6,8-11,14H,7,12-13,15,21H2,1-2H3. The lowest BCUT2D eigenvalue weighted by atomic mass is 10.2. The van der Waals surface area contributed by atoms with Gasteiger partial charge in [-0.2, -0.15) is 0 Å². The zero-order valence-electron chi connectivity index (χ0n) is 15.6. The Hall–Kier alpha value is -3.06. The van der Waals surface area contributed by atoms with Gasteiger partial charge in [0.15, 0.2) is 0 Å². The van der Waals surface area contributed by atoms with Crippen molar-refractivity contribution in [3.63, 3.8) is 0 Å². The molecule has 0 saturated carbocycles. The quantitative estimate of drug-likeness (QED) is 0.438. The monoisotopic (exact) mass is 371 g/mol. The largest absolute Gasteiger partial charge is 0.497 e. The third kappa shape index (κ3) is 6.31. The maximum Gasteiger partial charge on any atom is 0.409 e. The molecule has 2 amide bonds. The lowest BCUT2D eigenvalue weighted by molar-refractivity contribution is -0.118. The van der Waals surface area contributed by atoms with Gasteiger partial charge in [0.25, 0.3) is 0 Å². The highest BCUT2D eigenvalue weighted by Crippen LogP contribution is 2.19. The number of amides is 2. The van der Waals surface area contributed by atoms with Gasteiger partial charge in [-0.15, -0.1) is 0 Å². The Kier molecular flexibility index (Phi) is 7.63. The maximum atomic E-state index is 12.2. The van der Waals surface area contributed by atoms with Crippen molar-refractivity contribution in [2.24, 2.45) is 5.84 Å². The summed E-state index contributed by atoms with van der Waals surface area (Å²) in [6, 6.07) is 16.4. The van der Waals surface area contributed by atoms with Crippen LogP contribution in [0.1, 0.15) is 18.4 Å². The van der Waals surface area contributed by atoms with Gasteiger partial charge in [-0.25, -0.2) is 15.6 Å². The number of ether oxygens (including phenoxy) is 2. The van der Waals surface area contributed by atoms with Gasteiger partial charge in [0, 0.05) is 26.1 Å². The van der Waals surface area contributed by atoms with Crippen molar-refractivity contribution in [3.8, 4) is 5.75 Å². The minimum atomic E-state index is -0.427. The normalized spacial score (nSPS) is 10.2. The van der Waals surface area contributed by atoms with Crippen molar-refractivity contribution in [2.45, 2.75) is 19.4 Å². The van der Waals surface area contributed by atoms with Crippen molar-refractivity contribution >= 4 is 17.7 Å². The molecule has 0 bridgehead atoms. The molecule has 0 aromatic heterocycles. The van der Waals surface area contributed by atoms with Crippen LogP contribution in [0, 0.1) is 0 Å². The van der Waals surface area contributed by atoms with Crippen molar-refractivity contribution in [1.29, 1.82) is 0 Å². The summed E-state index contributed by atoms with van der Waals surface area (Å²) in [5.74, 6) is 6.25. The van der Waals surface area contributed by atoms with Crippen LogP contribution < -0.4 is 15.6 Å². The summed E-state index contributed by atoms with van der Waals surface area (Å²) in [6.07, 6.45) is 0.265.